The Hall–Kier alpha value is -7.16. The number of hydrogen-bond donors (Lipinski definition) is 0. The summed E-state index contributed by atoms with van der Waals surface area (Å²) in [7, 11) is 0. The van der Waals surface area contributed by atoms with Crippen molar-refractivity contribution < 1.29 is 0 Å². The molecule has 0 bridgehead atoms. The molecule has 0 aliphatic rings. The Morgan fingerprint density at radius 2 is 1.20 bits per heavy atom. The summed E-state index contributed by atoms with van der Waals surface area (Å²) >= 11 is 0. The van der Waals surface area contributed by atoms with Crippen LogP contribution in [-0.2, 0) is 6.42 Å². The molecule has 0 saturated carbocycles. The van der Waals surface area contributed by atoms with Crippen LogP contribution in [0.1, 0.15) is 29.2 Å². The van der Waals surface area contributed by atoms with Gasteiger partial charge in [0.2, 0.25) is 0 Å². The quantitative estimate of drug-likeness (QED) is 0.0742. The van der Waals surface area contributed by atoms with E-state index in [1.807, 2.05) is 24.4 Å². The fraction of sp³-hybridized carbons (Fsp3) is 0.0370. The van der Waals surface area contributed by atoms with Crippen molar-refractivity contribution in [2.24, 2.45) is 4.99 Å². The summed E-state index contributed by atoms with van der Waals surface area (Å²) < 4.78 is 0. The molecular formula is C54H42N2. The summed E-state index contributed by atoms with van der Waals surface area (Å²) in [5.74, 6) is 0. The van der Waals surface area contributed by atoms with Gasteiger partial charge in [0.15, 0.2) is 0 Å². The molecule has 1 heterocycles. The van der Waals surface area contributed by atoms with Crippen molar-refractivity contribution >= 4 is 38.9 Å². The van der Waals surface area contributed by atoms with Crippen LogP contribution in [0.3, 0.4) is 0 Å². The Balaban J connectivity index is 1.21. The smallest absolute Gasteiger partial charge is 0.0457 e. The van der Waals surface area contributed by atoms with Gasteiger partial charge in [-0.3, -0.25) is 9.98 Å². The normalized spacial score (nSPS) is 12.0. The molecule has 0 N–H and O–H groups in total. The third-order valence-corrected chi connectivity index (χ3v) is 10.3. The SMILES string of the molecule is C=C/C=C\c1ccccc1CC(=C/C(=C)c1ccc(-c2cccnc2)cc1)/N=C(\C)c1cccc(-c2c3ccccc3c(-c3ccccc3)c3ccccc23)c1. The molecule has 0 spiro atoms. The number of allylic oxidation sites excluding steroid dienone is 5. The minimum atomic E-state index is 0.637. The summed E-state index contributed by atoms with van der Waals surface area (Å²) in [6.07, 6.45) is 12.3. The molecule has 0 aliphatic carbocycles. The van der Waals surface area contributed by atoms with Gasteiger partial charge < -0.3 is 0 Å². The third-order valence-electron chi connectivity index (χ3n) is 10.3. The number of benzene rings is 7. The fourth-order valence-corrected chi connectivity index (χ4v) is 7.58. The van der Waals surface area contributed by atoms with Crippen LogP contribution in [0.15, 0.2) is 218 Å². The Bertz CT molecular complexity index is 2730. The molecule has 8 aromatic rings. The van der Waals surface area contributed by atoms with Crippen LogP contribution < -0.4 is 0 Å². The Kier molecular flexibility index (Phi) is 10.5. The average molecular weight is 719 g/mol. The van der Waals surface area contributed by atoms with Crippen molar-refractivity contribution in [3.05, 3.63) is 236 Å². The van der Waals surface area contributed by atoms with E-state index in [1.54, 1.807) is 6.20 Å². The van der Waals surface area contributed by atoms with E-state index in [2.05, 4.69) is 195 Å². The molecule has 7 aromatic carbocycles. The molecule has 268 valence electrons. The van der Waals surface area contributed by atoms with Crippen LogP contribution in [-0.4, -0.2) is 10.7 Å². The lowest BCUT2D eigenvalue weighted by Crippen LogP contribution is -2.00. The van der Waals surface area contributed by atoms with E-state index in [-0.39, 0.29) is 0 Å². The zero-order chi connectivity index (χ0) is 38.3. The number of rotatable bonds is 11. The minimum absolute atomic E-state index is 0.637. The van der Waals surface area contributed by atoms with Crippen LogP contribution >= 0.6 is 0 Å². The lowest BCUT2D eigenvalue weighted by molar-refractivity contribution is 1.10. The number of fused-ring (bicyclic) bond motifs is 2. The van der Waals surface area contributed by atoms with Crippen molar-refractivity contribution in [1.82, 2.24) is 4.98 Å². The molecule has 0 atom stereocenters. The lowest BCUT2D eigenvalue weighted by atomic mass is 9.85. The molecule has 0 fully saturated rings. The van der Waals surface area contributed by atoms with Gasteiger partial charge in [0.1, 0.15) is 0 Å². The van der Waals surface area contributed by atoms with Crippen LogP contribution in [0.25, 0.3) is 66.6 Å². The number of pyridine rings is 1. The van der Waals surface area contributed by atoms with Gasteiger partial charge in [0, 0.05) is 30.2 Å². The molecule has 0 unspecified atom stereocenters. The van der Waals surface area contributed by atoms with Crippen LogP contribution in [0.5, 0.6) is 0 Å². The van der Waals surface area contributed by atoms with E-state index in [9.17, 15) is 0 Å². The Labute approximate surface area is 329 Å². The van der Waals surface area contributed by atoms with Crippen LogP contribution in [0.2, 0.25) is 0 Å². The molecule has 2 nitrogen and oxygen atoms in total. The first-order valence-electron chi connectivity index (χ1n) is 19.0. The summed E-state index contributed by atoms with van der Waals surface area (Å²) in [4.78, 5) is 9.66. The molecule has 0 saturated heterocycles. The predicted molar refractivity (Wildman–Crippen MR) is 241 cm³/mol. The zero-order valence-electron chi connectivity index (χ0n) is 31.6. The molecule has 0 radical (unpaired) electrons. The Morgan fingerprint density at radius 3 is 1.86 bits per heavy atom. The van der Waals surface area contributed by atoms with Crippen molar-refractivity contribution in [2.45, 2.75) is 13.3 Å². The minimum Gasteiger partial charge on any atom is -0.264 e. The predicted octanol–water partition coefficient (Wildman–Crippen LogP) is 14.2. The Morgan fingerprint density at radius 1 is 0.589 bits per heavy atom. The van der Waals surface area contributed by atoms with E-state index >= 15 is 0 Å². The van der Waals surface area contributed by atoms with E-state index in [4.69, 9.17) is 4.99 Å². The highest BCUT2D eigenvalue weighted by atomic mass is 14.8. The molecular weight excluding hydrogens is 677 g/mol. The summed E-state index contributed by atoms with van der Waals surface area (Å²) in [6.45, 7) is 10.5. The highest BCUT2D eigenvalue weighted by Crippen LogP contribution is 2.43. The van der Waals surface area contributed by atoms with Gasteiger partial charge in [-0.1, -0.05) is 183 Å². The van der Waals surface area contributed by atoms with Crippen LogP contribution in [0.4, 0.5) is 0 Å². The summed E-state index contributed by atoms with van der Waals surface area (Å²) in [5, 5.41) is 4.94. The summed E-state index contributed by atoms with van der Waals surface area (Å²) in [5.41, 5.74) is 14.3. The summed E-state index contributed by atoms with van der Waals surface area (Å²) in [6, 6.07) is 58.1. The highest BCUT2D eigenvalue weighted by molar-refractivity contribution is 6.21. The second kappa shape index (κ2) is 16.5. The maximum Gasteiger partial charge on any atom is 0.0457 e. The first-order chi connectivity index (χ1) is 27.6. The van der Waals surface area contributed by atoms with Gasteiger partial charge in [-0.25, -0.2) is 0 Å². The fourth-order valence-electron chi connectivity index (χ4n) is 7.58. The van der Waals surface area contributed by atoms with Crippen molar-refractivity contribution in [1.29, 1.82) is 0 Å². The zero-order valence-corrected chi connectivity index (χ0v) is 31.6. The molecule has 2 heteroatoms. The standard InChI is InChI=1S/C54H42N2/c1-4-5-17-41-18-9-10-21-45(41)36-48(34-38(2)40-29-31-42(32-30-40)47-24-16-33-55-37-47)56-39(3)44-22-15-23-46(35-44)54-51-27-13-11-25-49(51)53(43-19-7-6-8-20-43)50-26-12-14-28-52(50)54/h4-35,37H,1-2,36H2,3H3/b17-5-,48-34-,56-39+. The number of hydrogen-bond acceptors (Lipinski definition) is 2. The maximum absolute atomic E-state index is 5.37. The molecule has 8 rings (SSSR count). The second-order valence-corrected chi connectivity index (χ2v) is 13.9. The van der Waals surface area contributed by atoms with E-state index in [0.29, 0.717) is 6.42 Å². The van der Waals surface area contributed by atoms with E-state index < -0.39 is 0 Å². The second-order valence-electron chi connectivity index (χ2n) is 13.9. The molecule has 0 aliphatic heterocycles. The lowest BCUT2D eigenvalue weighted by Gasteiger charge is -2.18. The largest absolute Gasteiger partial charge is 0.264 e. The number of aromatic nitrogens is 1. The van der Waals surface area contributed by atoms with Gasteiger partial charge in [-0.15, -0.1) is 0 Å². The van der Waals surface area contributed by atoms with Crippen molar-refractivity contribution in [3.63, 3.8) is 0 Å². The van der Waals surface area contributed by atoms with Gasteiger partial charge in [0.05, 0.1) is 0 Å². The number of aliphatic imine (C=N–C) groups is 1. The van der Waals surface area contributed by atoms with E-state index in [0.717, 1.165) is 50.4 Å². The first kappa shape index (κ1) is 35.8. The average Bonchev–Trinajstić information content (AvgIpc) is 3.25. The first-order valence-corrected chi connectivity index (χ1v) is 19.0. The van der Waals surface area contributed by atoms with Gasteiger partial charge in [-0.2, -0.15) is 0 Å². The van der Waals surface area contributed by atoms with E-state index in [1.165, 1.54) is 43.8 Å². The highest BCUT2D eigenvalue weighted by Gasteiger charge is 2.17. The van der Waals surface area contributed by atoms with Gasteiger partial charge in [-0.05, 0) is 108 Å². The molecule has 56 heavy (non-hydrogen) atoms. The molecule has 1 aromatic heterocycles. The topological polar surface area (TPSA) is 25.2 Å². The third kappa shape index (κ3) is 7.59. The van der Waals surface area contributed by atoms with Crippen LogP contribution in [0, 0.1) is 0 Å². The monoisotopic (exact) mass is 718 g/mol. The number of nitrogens with zero attached hydrogens (tertiary/aromatic N) is 2. The van der Waals surface area contributed by atoms with Gasteiger partial charge in [0.25, 0.3) is 0 Å². The van der Waals surface area contributed by atoms with Gasteiger partial charge >= 0.3 is 0 Å². The maximum atomic E-state index is 5.37. The van der Waals surface area contributed by atoms with Crippen molar-refractivity contribution in [3.8, 4) is 33.4 Å². The molecule has 0 amide bonds. The van der Waals surface area contributed by atoms with Crippen molar-refractivity contribution in [2.75, 3.05) is 0 Å².